The molecule has 0 amide bonds. The van der Waals surface area contributed by atoms with E-state index < -0.39 is 0 Å². The Morgan fingerprint density at radius 1 is 1.44 bits per heavy atom. The molecule has 3 heteroatoms. The Labute approximate surface area is 97.1 Å². The first-order chi connectivity index (χ1) is 7.67. The molecule has 2 bridgehead atoms. The van der Waals surface area contributed by atoms with E-state index in [1.165, 1.54) is 12.5 Å². The van der Waals surface area contributed by atoms with Crippen LogP contribution >= 0.6 is 0 Å². The van der Waals surface area contributed by atoms with E-state index in [0.29, 0.717) is 12.0 Å². The third kappa shape index (κ3) is 2.24. The maximum Gasteiger partial charge on any atom is 0.212 e. The van der Waals surface area contributed by atoms with Gasteiger partial charge in [-0.25, -0.2) is 0 Å². The highest BCUT2D eigenvalue weighted by Crippen LogP contribution is 2.49. The molecule has 16 heavy (non-hydrogen) atoms. The van der Waals surface area contributed by atoms with Crippen LogP contribution in [0.1, 0.15) is 32.6 Å². The van der Waals surface area contributed by atoms with E-state index in [9.17, 15) is 0 Å². The second-order valence-corrected chi connectivity index (χ2v) is 4.79. The molecule has 1 saturated carbocycles. The molecular formula is C13H20O3. The van der Waals surface area contributed by atoms with Gasteiger partial charge in [0.1, 0.15) is 0 Å². The quantitative estimate of drug-likeness (QED) is 0.649. The van der Waals surface area contributed by atoms with Crippen LogP contribution < -0.4 is 0 Å². The summed E-state index contributed by atoms with van der Waals surface area (Å²) >= 11 is 0. The summed E-state index contributed by atoms with van der Waals surface area (Å²) in [5, 5.41) is 0. The van der Waals surface area contributed by atoms with Gasteiger partial charge in [0.25, 0.3) is 0 Å². The second-order valence-electron chi connectivity index (χ2n) is 4.79. The summed E-state index contributed by atoms with van der Waals surface area (Å²) in [4.78, 5) is 0. The molecule has 0 aromatic heterocycles. The van der Waals surface area contributed by atoms with Crippen molar-refractivity contribution in [1.29, 1.82) is 0 Å². The van der Waals surface area contributed by atoms with Crippen LogP contribution in [0.4, 0.5) is 0 Å². The van der Waals surface area contributed by atoms with Crippen molar-refractivity contribution < 1.29 is 14.2 Å². The zero-order chi connectivity index (χ0) is 11.6. The molecule has 0 aromatic carbocycles. The lowest BCUT2D eigenvalue weighted by Crippen LogP contribution is -2.57. The molecule has 3 aliphatic rings. The highest BCUT2D eigenvalue weighted by Gasteiger charge is 2.53. The molecule has 0 spiro atoms. The number of fused-ring (bicyclic) bond motifs is 2. The molecule has 4 unspecified atom stereocenters. The van der Waals surface area contributed by atoms with Gasteiger partial charge < -0.3 is 14.2 Å². The van der Waals surface area contributed by atoms with Crippen molar-refractivity contribution in [2.75, 3.05) is 0 Å². The molecule has 3 nitrogen and oxygen atoms in total. The van der Waals surface area contributed by atoms with Gasteiger partial charge in [0.05, 0.1) is 24.7 Å². The smallest absolute Gasteiger partial charge is 0.212 e. The van der Waals surface area contributed by atoms with Crippen LogP contribution in [0.2, 0.25) is 0 Å². The highest BCUT2D eigenvalue weighted by atomic mass is 16.7. The van der Waals surface area contributed by atoms with Crippen LogP contribution in [0.15, 0.2) is 25.7 Å². The Morgan fingerprint density at radius 2 is 2.19 bits per heavy atom. The number of hydrogen-bond acceptors (Lipinski definition) is 3. The van der Waals surface area contributed by atoms with Crippen LogP contribution in [0.5, 0.6) is 0 Å². The standard InChI is InChI=1S/C13H20O3/c1-4-14-10(3)6-11-7-12-9-13(8-11,16-12)15-5-2/h4-5,10-12H,1-2,6-9H2,3H3. The van der Waals surface area contributed by atoms with Gasteiger partial charge in [-0.3, -0.25) is 0 Å². The average Bonchev–Trinajstić information content (AvgIpc) is 2.16. The van der Waals surface area contributed by atoms with Crippen LogP contribution in [-0.2, 0) is 14.2 Å². The van der Waals surface area contributed by atoms with E-state index in [4.69, 9.17) is 14.2 Å². The molecule has 2 aliphatic heterocycles. The van der Waals surface area contributed by atoms with Crippen molar-refractivity contribution in [3.05, 3.63) is 25.7 Å². The van der Waals surface area contributed by atoms with Gasteiger partial charge in [-0.2, -0.15) is 0 Å². The van der Waals surface area contributed by atoms with Gasteiger partial charge >= 0.3 is 0 Å². The van der Waals surface area contributed by atoms with E-state index in [2.05, 4.69) is 20.1 Å². The molecule has 4 atom stereocenters. The maximum atomic E-state index is 5.72. The van der Waals surface area contributed by atoms with Crippen LogP contribution in [0, 0.1) is 5.92 Å². The molecule has 1 aliphatic carbocycles. The summed E-state index contributed by atoms with van der Waals surface area (Å²) in [5.41, 5.74) is 0. The van der Waals surface area contributed by atoms with E-state index in [0.717, 1.165) is 25.7 Å². The van der Waals surface area contributed by atoms with Gasteiger partial charge in [-0.15, -0.1) is 0 Å². The van der Waals surface area contributed by atoms with Crippen molar-refractivity contribution in [2.45, 2.75) is 50.6 Å². The Hall–Kier alpha value is -0.960. The van der Waals surface area contributed by atoms with E-state index in [1.807, 2.05) is 0 Å². The predicted molar refractivity (Wildman–Crippen MR) is 61.6 cm³/mol. The number of ether oxygens (including phenoxy) is 3. The fourth-order valence-corrected chi connectivity index (χ4v) is 2.94. The van der Waals surface area contributed by atoms with E-state index in [-0.39, 0.29) is 11.9 Å². The molecule has 0 N–H and O–H groups in total. The minimum atomic E-state index is -0.372. The highest BCUT2D eigenvalue weighted by molar-refractivity contribution is 4.96. The molecule has 3 rings (SSSR count). The van der Waals surface area contributed by atoms with Gasteiger partial charge in [0.2, 0.25) is 5.79 Å². The Kier molecular flexibility index (Phi) is 3.24. The van der Waals surface area contributed by atoms with Crippen LogP contribution in [0.25, 0.3) is 0 Å². The summed E-state index contributed by atoms with van der Waals surface area (Å²) < 4.78 is 16.6. The van der Waals surface area contributed by atoms with Crippen LogP contribution in [0.3, 0.4) is 0 Å². The van der Waals surface area contributed by atoms with Crippen molar-refractivity contribution in [1.82, 2.24) is 0 Å². The summed E-state index contributed by atoms with van der Waals surface area (Å²) in [6.45, 7) is 9.25. The molecule has 0 aromatic rings. The minimum absolute atomic E-state index is 0.223. The van der Waals surface area contributed by atoms with Crippen molar-refractivity contribution in [3.8, 4) is 0 Å². The fourth-order valence-electron chi connectivity index (χ4n) is 2.94. The third-order valence-corrected chi connectivity index (χ3v) is 3.41. The maximum absolute atomic E-state index is 5.72. The third-order valence-electron chi connectivity index (χ3n) is 3.41. The van der Waals surface area contributed by atoms with Crippen molar-refractivity contribution in [3.63, 3.8) is 0 Å². The van der Waals surface area contributed by atoms with Gasteiger partial charge in [0, 0.05) is 12.8 Å². The van der Waals surface area contributed by atoms with Crippen molar-refractivity contribution in [2.24, 2.45) is 5.92 Å². The minimum Gasteiger partial charge on any atom is -0.499 e. The molecular weight excluding hydrogens is 204 g/mol. The lowest BCUT2D eigenvalue weighted by atomic mass is 9.76. The van der Waals surface area contributed by atoms with Gasteiger partial charge in [-0.1, -0.05) is 13.2 Å². The summed E-state index contributed by atoms with van der Waals surface area (Å²) in [6.07, 6.45) is 7.70. The first-order valence-electron chi connectivity index (χ1n) is 5.90. The Morgan fingerprint density at radius 3 is 2.81 bits per heavy atom. The molecule has 2 saturated heterocycles. The molecule has 3 fully saturated rings. The summed E-state index contributed by atoms with van der Waals surface area (Å²) in [6, 6.07) is 0. The van der Waals surface area contributed by atoms with E-state index >= 15 is 0 Å². The first-order valence-corrected chi connectivity index (χ1v) is 5.90. The number of rotatable bonds is 6. The topological polar surface area (TPSA) is 27.7 Å². The van der Waals surface area contributed by atoms with Crippen LogP contribution in [-0.4, -0.2) is 18.0 Å². The first kappa shape index (κ1) is 11.5. The Balaban J connectivity index is 1.84. The van der Waals surface area contributed by atoms with E-state index in [1.54, 1.807) is 0 Å². The molecule has 90 valence electrons. The molecule has 0 radical (unpaired) electrons. The molecule has 2 heterocycles. The zero-order valence-electron chi connectivity index (χ0n) is 9.85. The second kappa shape index (κ2) is 4.50. The van der Waals surface area contributed by atoms with Gasteiger partial charge in [0.15, 0.2) is 0 Å². The Bertz CT molecular complexity index is 268. The predicted octanol–water partition coefficient (Wildman–Crippen LogP) is 2.98. The zero-order valence-corrected chi connectivity index (χ0v) is 9.85. The SMILES string of the molecule is C=COC(C)CC1CC2CC(OC=C)(C1)O2. The number of hydrogen-bond donors (Lipinski definition) is 0. The van der Waals surface area contributed by atoms with Gasteiger partial charge in [-0.05, 0) is 25.7 Å². The fraction of sp³-hybridized carbons (Fsp3) is 0.692. The normalized spacial score (nSPS) is 38.1. The van der Waals surface area contributed by atoms with Crippen molar-refractivity contribution >= 4 is 0 Å². The monoisotopic (exact) mass is 224 g/mol. The lowest BCUT2D eigenvalue weighted by Gasteiger charge is -2.53. The lowest BCUT2D eigenvalue weighted by molar-refractivity contribution is -0.355. The summed E-state index contributed by atoms with van der Waals surface area (Å²) in [5.74, 6) is 0.242. The summed E-state index contributed by atoms with van der Waals surface area (Å²) in [7, 11) is 0. The average molecular weight is 224 g/mol. The largest absolute Gasteiger partial charge is 0.499 e.